The van der Waals surface area contributed by atoms with Gasteiger partial charge in [-0.25, -0.2) is 0 Å². The van der Waals surface area contributed by atoms with Crippen LogP contribution in [0.5, 0.6) is 0 Å². The Labute approximate surface area is 438 Å². The molecule has 1 aliphatic carbocycles. The molecule has 368 valence electrons. The van der Waals surface area contributed by atoms with Gasteiger partial charge < -0.3 is 14.7 Å². The second-order valence-electron chi connectivity index (χ2n) is 26.1. The van der Waals surface area contributed by atoms with Crippen molar-refractivity contribution in [2.45, 2.75) is 138 Å². The Hall–Kier alpha value is -6.78. The van der Waals surface area contributed by atoms with Crippen molar-refractivity contribution in [3.8, 4) is 11.1 Å². The minimum Gasteiger partial charge on any atom is -0.311 e. The number of para-hydroxylation sites is 1. The molecule has 8 aromatic rings. The highest BCUT2D eigenvalue weighted by atomic mass is 15.2. The second-order valence-corrected chi connectivity index (χ2v) is 26.1. The van der Waals surface area contributed by atoms with E-state index in [1.165, 1.54) is 106 Å². The van der Waals surface area contributed by atoms with Gasteiger partial charge in [-0.2, -0.15) is 0 Å². The number of anilines is 9. The number of benzene rings is 8. The predicted octanol–water partition coefficient (Wildman–Crippen LogP) is 17.4. The largest absolute Gasteiger partial charge is 0.311 e. The molecule has 2 aliphatic heterocycles. The van der Waals surface area contributed by atoms with E-state index in [0.717, 1.165) is 17.1 Å². The Bertz CT molecular complexity index is 3470. The average molecular weight is 956 g/mol. The number of aryl methyl sites for hydroxylation is 2. The molecule has 0 unspecified atom stereocenters. The predicted molar refractivity (Wildman–Crippen MR) is 317 cm³/mol. The zero-order valence-electron chi connectivity index (χ0n) is 46.4. The lowest BCUT2D eigenvalue weighted by atomic mass is 9.33. The highest BCUT2D eigenvalue weighted by Crippen LogP contribution is 2.53. The molecule has 0 fully saturated rings. The molecule has 0 radical (unpaired) electrons. The van der Waals surface area contributed by atoms with Gasteiger partial charge in [-0.1, -0.05) is 188 Å². The van der Waals surface area contributed by atoms with Gasteiger partial charge in [0.25, 0.3) is 6.71 Å². The lowest BCUT2D eigenvalue weighted by Crippen LogP contribution is -2.61. The molecule has 0 spiro atoms. The Morgan fingerprint density at radius 3 is 1.55 bits per heavy atom. The molecule has 0 amide bonds. The van der Waals surface area contributed by atoms with Gasteiger partial charge in [-0.05, 0) is 174 Å². The zero-order valence-corrected chi connectivity index (χ0v) is 46.4. The van der Waals surface area contributed by atoms with Crippen LogP contribution in [-0.4, -0.2) is 6.71 Å². The van der Waals surface area contributed by atoms with Crippen LogP contribution in [0.1, 0.15) is 141 Å². The quantitative estimate of drug-likeness (QED) is 0.159. The minimum absolute atomic E-state index is 0.0110. The molecule has 73 heavy (non-hydrogen) atoms. The molecular weight excluding hydrogens is 882 g/mol. The van der Waals surface area contributed by atoms with Gasteiger partial charge in [0.15, 0.2) is 0 Å². The Morgan fingerprint density at radius 1 is 0.397 bits per heavy atom. The normalized spacial score (nSPS) is 14.6. The Morgan fingerprint density at radius 2 is 0.932 bits per heavy atom. The van der Waals surface area contributed by atoms with Crippen LogP contribution in [0.25, 0.3) is 11.1 Å². The molecule has 3 aliphatic rings. The number of hydrogen-bond donors (Lipinski definition) is 0. The van der Waals surface area contributed by atoms with Gasteiger partial charge in [0.1, 0.15) is 0 Å². The van der Waals surface area contributed by atoms with Gasteiger partial charge >= 0.3 is 0 Å². The van der Waals surface area contributed by atoms with Crippen molar-refractivity contribution in [2.75, 3.05) is 14.7 Å². The third-order valence-electron chi connectivity index (χ3n) is 16.5. The number of hydrogen-bond acceptors (Lipinski definition) is 3. The summed E-state index contributed by atoms with van der Waals surface area (Å²) >= 11 is 0. The maximum atomic E-state index is 2.62. The summed E-state index contributed by atoms with van der Waals surface area (Å²) in [5, 5.41) is 0. The Kier molecular flexibility index (Phi) is 11.0. The summed E-state index contributed by atoms with van der Waals surface area (Å²) in [4.78, 5) is 7.74. The van der Waals surface area contributed by atoms with E-state index in [1.54, 1.807) is 0 Å². The van der Waals surface area contributed by atoms with Crippen LogP contribution in [0, 0.1) is 13.8 Å². The highest BCUT2D eigenvalue weighted by molar-refractivity contribution is 7.00. The molecule has 0 saturated carbocycles. The van der Waals surface area contributed by atoms with Gasteiger partial charge in [0.2, 0.25) is 0 Å². The van der Waals surface area contributed by atoms with E-state index in [0.29, 0.717) is 0 Å². The van der Waals surface area contributed by atoms with Crippen molar-refractivity contribution < 1.29 is 0 Å². The van der Waals surface area contributed by atoms with Crippen molar-refractivity contribution in [3.05, 3.63) is 202 Å². The van der Waals surface area contributed by atoms with Crippen LogP contribution in [0.15, 0.2) is 158 Å². The average Bonchev–Trinajstić information content (AvgIpc) is 3.56. The van der Waals surface area contributed by atoms with Crippen molar-refractivity contribution in [3.63, 3.8) is 0 Å². The van der Waals surface area contributed by atoms with E-state index in [4.69, 9.17) is 0 Å². The molecule has 0 bridgehead atoms. The highest BCUT2D eigenvalue weighted by Gasteiger charge is 2.46. The first-order valence-corrected chi connectivity index (χ1v) is 26.7. The van der Waals surface area contributed by atoms with Crippen LogP contribution in [-0.2, 0) is 27.1 Å². The maximum absolute atomic E-state index is 2.62. The summed E-state index contributed by atoms with van der Waals surface area (Å²) in [5.74, 6) is 0. The van der Waals surface area contributed by atoms with E-state index < -0.39 is 0 Å². The third kappa shape index (κ3) is 7.94. The van der Waals surface area contributed by atoms with Crippen molar-refractivity contribution >= 4 is 74.3 Å². The summed E-state index contributed by atoms with van der Waals surface area (Å²) < 4.78 is 0. The van der Waals surface area contributed by atoms with E-state index in [2.05, 4.69) is 283 Å². The first-order valence-electron chi connectivity index (χ1n) is 26.7. The van der Waals surface area contributed by atoms with E-state index >= 15 is 0 Å². The van der Waals surface area contributed by atoms with E-state index in [-0.39, 0.29) is 33.8 Å². The molecule has 8 aromatic carbocycles. The van der Waals surface area contributed by atoms with Gasteiger partial charge in [-0.15, -0.1) is 0 Å². The molecule has 0 saturated heterocycles. The van der Waals surface area contributed by atoms with Gasteiger partial charge in [-0.3, -0.25) is 0 Å². The van der Waals surface area contributed by atoms with Crippen LogP contribution < -0.4 is 31.1 Å². The lowest BCUT2D eigenvalue weighted by Gasteiger charge is -2.46. The van der Waals surface area contributed by atoms with E-state index in [9.17, 15) is 0 Å². The van der Waals surface area contributed by atoms with Gasteiger partial charge in [0, 0.05) is 50.9 Å². The molecule has 3 nitrogen and oxygen atoms in total. The monoisotopic (exact) mass is 956 g/mol. The van der Waals surface area contributed by atoms with Crippen LogP contribution >= 0.6 is 0 Å². The topological polar surface area (TPSA) is 9.72 Å². The summed E-state index contributed by atoms with van der Waals surface area (Å²) in [6.45, 7) is 37.4. The minimum atomic E-state index is -0.146. The summed E-state index contributed by atoms with van der Waals surface area (Å²) in [7, 11) is 0. The molecule has 0 N–H and O–H groups in total. The number of nitrogens with zero attached hydrogens (tertiary/aromatic N) is 3. The second kappa shape index (κ2) is 16.6. The molecule has 4 heteroatoms. The lowest BCUT2D eigenvalue weighted by molar-refractivity contribution is 0.589. The molecule has 2 heterocycles. The summed E-state index contributed by atoms with van der Waals surface area (Å²) in [5.41, 5.74) is 27.8. The van der Waals surface area contributed by atoms with Gasteiger partial charge in [0.05, 0.1) is 5.69 Å². The molecular formula is C69H74BN3. The third-order valence-corrected chi connectivity index (χ3v) is 16.5. The fourth-order valence-electron chi connectivity index (χ4n) is 12.2. The first kappa shape index (κ1) is 48.5. The van der Waals surface area contributed by atoms with Crippen LogP contribution in [0.4, 0.5) is 51.2 Å². The summed E-state index contributed by atoms with van der Waals surface area (Å²) in [6.07, 6.45) is 0. The first-order chi connectivity index (χ1) is 34.3. The Balaban J connectivity index is 1.22. The fraction of sp³-hybridized carbons (Fsp3) is 0.304. The van der Waals surface area contributed by atoms with Crippen LogP contribution in [0.3, 0.4) is 0 Å². The number of fused-ring (bicyclic) bond motifs is 7. The summed E-state index contributed by atoms with van der Waals surface area (Å²) in [6, 6.07) is 61.4. The van der Waals surface area contributed by atoms with Crippen molar-refractivity contribution in [1.82, 2.24) is 0 Å². The van der Waals surface area contributed by atoms with Crippen molar-refractivity contribution in [2.24, 2.45) is 0 Å². The fourth-order valence-corrected chi connectivity index (χ4v) is 12.2. The number of rotatable bonds is 5. The standard InChI is InChI=1S/C69H74BN3/c1-43-36-47(67(9,10)11)37-44(2)64(43)71(49-22-18-17-19-23-49)52-32-34-57-60(42-52)72(50-29-26-45(27-30-50)65(3,4)5)61-39-48(68(12,13)14)40-62-63(61)70(57)58-38-46(66(6,7)8)28-35-59(58)73(62)51-31-33-54-53-24-20-21-25-55(53)69(15,16)56(54)41-51/h17-42H,1-16H3. The van der Waals surface area contributed by atoms with Crippen LogP contribution in [0.2, 0.25) is 0 Å². The molecule has 0 aromatic heterocycles. The zero-order chi connectivity index (χ0) is 51.9. The molecule has 11 rings (SSSR count). The smallest absolute Gasteiger partial charge is 0.252 e. The van der Waals surface area contributed by atoms with E-state index in [1.807, 2.05) is 0 Å². The molecule has 0 atom stereocenters. The SMILES string of the molecule is Cc1cc(C(C)(C)C)cc(C)c1N(c1ccccc1)c1ccc2c(c1)N(c1ccc(C(C)(C)C)cc1)c1cc(C(C)(C)C)cc3c1B2c1cc(C(C)(C)C)ccc1N3c1ccc2c(c1)C(C)(C)c1ccccc1-2. The van der Waals surface area contributed by atoms with Crippen molar-refractivity contribution in [1.29, 1.82) is 0 Å². The maximum Gasteiger partial charge on any atom is 0.252 e.